The minimum absolute atomic E-state index is 0.410. The fourth-order valence-corrected chi connectivity index (χ4v) is 2.10. The van der Waals surface area contributed by atoms with E-state index in [0.717, 1.165) is 0 Å². The van der Waals surface area contributed by atoms with Crippen LogP contribution in [0.4, 0.5) is 0 Å². The van der Waals surface area contributed by atoms with Crippen molar-refractivity contribution in [3.05, 3.63) is 54.0 Å². The third kappa shape index (κ3) is 2.50. The van der Waals surface area contributed by atoms with Crippen LogP contribution < -0.4 is 0 Å². The predicted molar refractivity (Wildman–Crippen MR) is 65.7 cm³/mol. The van der Waals surface area contributed by atoms with E-state index in [9.17, 15) is 0 Å². The quantitative estimate of drug-likeness (QED) is 0.635. The molecule has 15 heavy (non-hydrogen) atoms. The molecule has 1 unspecified atom stereocenters. The molecule has 1 aliphatic carbocycles. The normalized spacial score (nSPS) is 17.2. The Balaban J connectivity index is 2.00. The Morgan fingerprint density at radius 1 is 1.27 bits per heavy atom. The molecule has 0 saturated heterocycles. The van der Waals surface area contributed by atoms with Crippen LogP contribution in [0.1, 0.15) is 38.7 Å². The molecule has 1 fully saturated rings. The van der Waals surface area contributed by atoms with Crippen molar-refractivity contribution in [3.8, 4) is 0 Å². The third-order valence-corrected chi connectivity index (χ3v) is 3.19. The van der Waals surface area contributed by atoms with Gasteiger partial charge in [0.1, 0.15) is 0 Å². The van der Waals surface area contributed by atoms with E-state index in [4.69, 9.17) is 0 Å². The maximum atomic E-state index is 2.45. The molecule has 1 aliphatic rings. The fourth-order valence-electron chi connectivity index (χ4n) is 2.10. The second-order valence-electron chi connectivity index (χ2n) is 4.75. The van der Waals surface area contributed by atoms with Crippen molar-refractivity contribution in [1.82, 2.24) is 0 Å². The lowest BCUT2D eigenvalue weighted by molar-refractivity contribution is 0.649. The van der Waals surface area contributed by atoms with Gasteiger partial charge in [0.15, 0.2) is 0 Å². The molecule has 0 N–H and O–H groups in total. The van der Waals surface area contributed by atoms with Crippen LogP contribution in [0.5, 0.6) is 0 Å². The van der Waals surface area contributed by atoms with Gasteiger partial charge >= 0.3 is 0 Å². The molecule has 0 aliphatic heterocycles. The number of benzene rings is 1. The summed E-state index contributed by atoms with van der Waals surface area (Å²) in [5, 5.41) is 0. The highest BCUT2D eigenvalue weighted by atomic mass is 14.5. The van der Waals surface area contributed by atoms with Crippen LogP contribution in [-0.2, 0) is 5.41 Å². The monoisotopic (exact) mass is 199 g/mol. The van der Waals surface area contributed by atoms with Crippen LogP contribution in [0.3, 0.4) is 0 Å². The highest BCUT2D eigenvalue weighted by molar-refractivity contribution is 5.38. The summed E-state index contributed by atoms with van der Waals surface area (Å²) in [6, 6.07) is 10.9. The van der Waals surface area contributed by atoms with E-state index in [0.29, 0.717) is 5.41 Å². The lowest BCUT2D eigenvalue weighted by atomic mass is 9.91. The first-order chi connectivity index (χ1) is 7.23. The highest BCUT2D eigenvalue weighted by Gasteiger charge is 2.43. The number of allylic oxidation sites excluding steroid dienone is 2. The van der Waals surface area contributed by atoms with Gasteiger partial charge in [0, 0.05) is 0 Å². The Kier molecular flexibility index (Phi) is 2.95. The van der Waals surface area contributed by atoms with Gasteiger partial charge < -0.3 is 0 Å². The molecule has 0 bridgehead atoms. The molecular formula is C15H19. The molecule has 1 aromatic rings. The molecule has 79 valence electrons. The topological polar surface area (TPSA) is 0 Å². The van der Waals surface area contributed by atoms with Crippen molar-refractivity contribution in [1.29, 1.82) is 0 Å². The van der Waals surface area contributed by atoms with E-state index >= 15 is 0 Å². The summed E-state index contributed by atoms with van der Waals surface area (Å²) >= 11 is 0. The molecule has 1 radical (unpaired) electrons. The van der Waals surface area contributed by atoms with Gasteiger partial charge in [-0.3, -0.25) is 0 Å². The molecule has 2 rings (SSSR count). The standard InChI is InChI=1S/C15H19/c1-13(2)7-6-10-15(11-12-15)14-8-4-3-5-9-14/h3-5,7-9,11H,6,10,12H2,1-2H3. The first kappa shape index (κ1) is 10.5. The van der Waals surface area contributed by atoms with Crippen molar-refractivity contribution in [2.24, 2.45) is 0 Å². The molecule has 0 amide bonds. The van der Waals surface area contributed by atoms with E-state index in [1.165, 1.54) is 30.4 Å². The second kappa shape index (κ2) is 4.22. The zero-order valence-corrected chi connectivity index (χ0v) is 9.66. The Bertz CT molecular complexity index is 338. The first-order valence-electron chi connectivity index (χ1n) is 5.76. The average molecular weight is 199 g/mol. The molecule has 1 saturated carbocycles. The molecule has 0 aromatic heterocycles. The van der Waals surface area contributed by atoms with Gasteiger partial charge in [0.25, 0.3) is 0 Å². The Hall–Kier alpha value is -1.04. The Labute approximate surface area is 93.0 Å². The van der Waals surface area contributed by atoms with Crippen molar-refractivity contribution < 1.29 is 0 Å². The van der Waals surface area contributed by atoms with Gasteiger partial charge in [-0.2, -0.15) is 0 Å². The van der Waals surface area contributed by atoms with Gasteiger partial charge in [-0.25, -0.2) is 0 Å². The summed E-state index contributed by atoms with van der Waals surface area (Å²) < 4.78 is 0. The Morgan fingerprint density at radius 2 is 1.93 bits per heavy atom. The predicted octanol–water partition coefficient (Wildman–Crippen LogP) is 4.28. The van der Waals surface area contributed by atoms with Crippen molar-refractivity contribution in [2.75, 3.05) is 0 Å². The lowest BCUT2D eigenvalue weighted by Gasteiger charge is -2.14. The van der Waals surface area contributed by atoms with Crippen molar-refractivity contribution in [3.63, 3.8) is 0 Å². The summed E-state index contributed by atoms with van der Waals surface area (Å²) in [5.74, 6) is 0. The van der Waals surface area contributed by atoms with Gasteiger partial charge in [-0.15, -0.1) is 0 Å². The molecule has 1 aromatic carbocycles. The number of hydrogen-bond acceptors (Lipinski definition) is 0. The van der Waals surface area contributed by atoms with E-state index < -0.39 is 0 Å². The summed E-state index contributed by atoms with van der Waals surface area (Å²) in [5.41, 5.74) is 3.33. The molecule has 0 spiro atoms. The van der Waals surface area contributed by atoms with E-state index in [1.54, 1.807) is 0 Å². The number of hydrogen-bond donors (Lipinski definition) is 0. The van der Waals surface area contributed by atoms with E-state index in [2.05, 4.69) is 56.7 Å². The maximum absolute atomic E-state index is 2.45. The van der Waals surface area contributed by atoms with Crippen LogP contribution >= 0.6 is 0 Å². The Morgan fingerprint density at radius 3 is 2.47 bits per heavy atom. The second-order valence-corrected chi connectivity index (χ2v) is 4.75. The van der Waals surface area contributed by atoms with Crippen molar-refractivity contribution >= 4 is 0 Å². The molecule has 0 heteroatoms. The summed E-state index contributed by atoms with van der Waals surface area (Å²) in [4.78, 5) is 0. The fraction of sp³-hybridized carbons (Fsp3) is 0.400. The summed E-state index contributed by atoms with van der Waals surface area (Å²) in [7, 11) is 0. The van der Waals surface area contributed by atoms with Gasteiger partial charge in [-0.1, -0.05) is 42.0 Å². The summed E-state index contributed by atoms with van der Waals surface area (Å²) in [6.07, 6.45) is 8.52. The van der Waals surface area contributed by atoms with E-state index in [-0.39, 0.29) is 0 Å². The first-order valence-corrected chi connectivity index (χ1v) is 5.76. The van der Waals surface area contributed by atoms with Gasteiger partial charge in [0.05, 0.1) is 0 Å². The molecular weight excluding hydrogens is 180 g/mol. The van der Waals surface area contributed by atoms with E-state index in [1.807, 2.05) is 0 Å². The molecule has 0 nitrogen and oxygen atoms in total. The van der Waals surface area contributed by atoms with Crippen molar-refractivity contribution in [2.45, 2.75) is 38.5 Å². The number of rotatable bonds is 4. The SMILES string of the molecule is CC(C)=CCCC1(c2ccccc2)[CH]C1. The lowest BCUT2D eigenvalue weighted by Crippen LogP contribution is -2.05. The highest BCUT2D eigenvalue weighted by Crippen LogP contribution is 2.50. The van der Waals surface area contributed by atoms with Crippen LogP contribution in [-0.4, -0.2) is 0 Å². The third-order valence-electron chi connectivity index (χ3n) is 3.19. The average Bonchev–Trinajstić information content (AvgIpc) is 3.00. The molecule has 1 atom stereocenters. The van der Waals surface area contributed by atoms with Gasteiger partial charge in [0.2, 0.25) is 0 Å². The smallest absolute Gasteiger partial charge is 0.000947 e. The van der Waals surface area contributed by atoms with Crippen LogP contribution in [0.25, 0.3) is 0 Å². The minimum atomic E-state index is 0.410. The minimum Gasteiger partial charge on any atom is -0.0859 e. The maximum Gasteiger partial charge on any atom is -0.000947 e. The largest absolute Gasteiger partial charge is 0.0859 e. The zero-order chi connectivity index (χ0) is 10.7. The van der Waals surface area contributed by atoms with Crippen LogP contribution in [0, 0.1) is 6.42 Å². The zero-order valence-electron chi connectivity index (χ0n) is 9.66. The van der Waals surface area contributed by atoms with Crippen LogP contribution in [0.2, 0.25) is 0 Å². The molecule has 0 heterocycles. The van der Waals surface area contributed by atoms with Crippen LogP contribution in [0.15, 0.2) is 42.0 Å². The summed E-state index contributed by atoms with van der Waals surface area (Å²) in [6.45, 7) is 4.34. The van der Waals surface area contributed by atoms with Gasteiger partial charge in [-0.05, 0) is 50.5 Å².